The predicted octanol–water partition coefficient (Wildman–Crippen LogP) is 5.28. The van der Waals surface area contributed by atoms with Gasteiger partial charge >= 0.3 is 5.69 Å². The van der Waals surface area contributed by atoms with Gasteiger partial charge in [-0.25, -0.2) is 0 Å². The minimum absolute atomic E-state index is 0.133. The molecule has 0 bridgehead atoms. The number of nitrogens with zero attached hydrogens (tertiary/aromatic N) is 4. The van der Waals surface area contributed by atoms with Gasteiger partial charge < -0.3 is 10.2 Å². The number of phenols is 2. The van der Waals surface area contributed by atoms with Crippen LogP contribution in [0.3, 0.4) is 0 Å². The van der Waals surface area contributed by atoms with Crippen LogP contribution in [-0.4, -0.2) is 31.8 Å². The molecular weight excluding hydrogens is 452 g/mol. The van der Waals surface area contributed by atoms with E-state index in [4.69, 9.17) is 0 Å². The van der Waals surface area contributed by atoms with Gasteiger partial charge in [0.05, 0.1) is 27.7 Å². The first-order valence-electron chi connectivity index (χ1n) is 10.5. The molecule has 0 aromatic heterocycles. The maximum atomic E-state index is 11.7. The molecule has 0 saturated carbocycles. The van der Waals surface area contributed by atoms with Crippen LogP contribution in [0, 0.1) is 20.2 Å². The summed E-state index contributed by atoms with van der Waals surface area (Å²) in [5, 5.41) is 47.8. The van der Waals surface area contributed by atoms with Crippen molar-refractivity contribution in [1.82, 2.24) is 0 Å². The fourth-order valence-corrected chi connectivity index (χ4v) is 3.59. The highest BCUT2D eigenvalue weighted by molar-refractivity contribution is 6.01. The fraction of sp³-hybridized carbons (Fsp3) is 0.0800. The molecule has 0 spiro atoms. The Labute approximate surface area is 199 Å². The summed E-state index contributed by atoms with van der Waals surface area (Å²) < 4.78 is 0. The second-order valence-electron chi connectivity index (χ2n) is 7.77. The van der Waals surface area contributed by atoms with E-state index in [1.165, 1.54) is 17.1 Å². The molecule has 1 aliphatic rings. The molecule has 0 aliphatic carbocycles. The third kappa shape index (κ3) is 5.50. The largest absolute Gasteiger partial charge is 0.508 e. The standard InChI is InChI=1S/C25H20N4O6/c30-22-10-3-17(4-11-22)1-7-19-15-20(8-2-18-5-12-23(31)13-6-18)27(26-19)24-14-9-21(28(32)33)16-25(24)29(34)35/h1-14,16,20,30-31H,15H2/b7-1+,8-2+. The maximum Gasteiger partial charge on any atom is 0.301 e. The van der Waals surface area contributed by atoms with Crippen LogP contribution in [0.2, 0.25) is 0 Å². The summed E-state index contributed by atoms with van der Waals surface area (Å²) in [5.74, 6) is 0.285. The third-order valence-electron chi connectivity index (χ3n) is 5.35. The second-order valence-corrected chi connectivity index (χ2v) is 7.77. The first-order valence-corrected chi connectivity index (χ1v) is 10.5. The summed E-state index contributed by atoms with van der Waals surface area (Å²) in [7, 11) is 0. The lowest BCUT2D eigenvalue weighted by molar-refractivity contribution is -0.393. The lowest BCUT2D eigenvalue weighted by Gasteiger charge is -2.20. The number of non-ortho nitro benzene ring substituents is 1. The van der Waals surface area contributed by atoms with Crippen LogP contribution >= 0.6 is 0 Å². The minimum atomic E-state index is -0.682. The van der Waals surface area contributed by atoms with Gasteiger partial charge in [0.15, 0.2) is 0 Å². The summed E-state index contributed by atoms with van der Waals surface area (Å²) in [6.07, 6.45) is 7.67. The zero-order chi connectivity index (χ0) is 24.9. The number of benzene rings is 3. The summed E-state index contributed by atoms with van der Waals surface area (Å²) in [6, 6.07) is 16.2. The van der Waals surface area contributed by atoms with Gasteiger partial charge in [-0.3, -0.25) is 25.2 Å². The molecule has 1 aliphatic heterocycles. The zero-order valence-corrected chi connectivity index (χ0v) is 18.3. The number of aromatic hydroxyl groups is 2. The monoisotopic (exact) mass is 472 g/mol. The van der Waals surface area contributed by atoms with E-state index in [0.29, 0.717) is 12.1 Å². The van der Waals surface area contributed by atoms with Gasteiger partial charge in [-0.15, -0.1) is 0 Å². The molecule has 3 aromatic carbocycles. The van der Waals surface area contributed by atoms with Crippen molar-refractivity contribution in [2.45, 2.75) is 12.5 Å². The number of nitro groups is 2. The van der Waals surface area contributed by atoms with E-state index >= 15 is 0 Å². The first kappa shape index (κ1) is 23.2. The summed E-state index contributed by atoms with van der Waals surface area (Å²) in [6.45, 7) is 0. The number of hydrazone groups is 1. The second kappa shape index (κ2) is 9.87. The average Bonchev–Trinajstić information content (AvgIpc) is 3.25. The summed E-state index contributed by atoms with van der Waals surface area (Å²) in [4.78, 5) is 21.5. The third-order valence-corrected chi connectivity index (χ3v) is 5.35. The van der Waals surface area contributed by atoms with E-state index in [9.17, 15) is 30.4 Å². The molecule has 176 valence electrons. The van der Waals surface area contributed by atoms with Gasteiger partial charge in [0.25, 0.3) is 5.69 Å². The SMILES string of the molecule is O=[N+]([O-])c1ccc(N2N=C(/C=C/c3ccc(O)cc3)CC2/C=C/c2ccc(O)cc2)c([N+](=O)[O-])c1. The van der Waals surface area contributed by atoms with Gasteiger partial charge in [-0.05, 0) is 47.5 Å². The molecule has 0 fully saturated rings. The van der Waals surface area contributed by atoms with Crippen molar-refractivity contribution in [2.75, 3.05) is 5.01 Å². The Morgan fingerprint density at radius 1 is 0.829 bits per heavy atom. The number of nitro benzene ring substituents is 2. The predicted molar refractivity (Wildman–Crippen MR) is 132 cm³/mol. The first-order chi connectivity index (χ1) is 16.8. The number of phenolic OH excluding ortho intramolecular Hbond substituents is 2. The van der Waals surface area contributed by atoms with Crippen LogP contribution in [0.25, 0.3) is 12.2 Å². The molecule has 0 amide bonds. The Hall–Kier alpha value is -4.99. The molecule has 4 rings (SSSR count). The molecular formula is C25H20N4O6. The summed E-state index contributed by atoms with van der Waals surface area (Å²) in [5.41, 5.74) is 1.62. The molecule has 0 radical (unpaired) electrons. The van der Waals surface area contributed by atoms with E-state index in [2.05, 4.69) is 5.10 Å². The van der Waals surface area contributed by atoms with Gasteiger partial charge in [0.2, 0.25) is 0 Å². The molecule has 1 heterocycles. The van der Waals surface area contributed by atoms with E-state index < -0.39 is 21.6 Å². The number of rotatable bonds is 7. The quantitative estimate of drug-likeness (QED) is 0.352. The van der Waals surface area contributed by atoms with Crippen LogP contribution in [0.1, 0.15) is 17.5 Å². The van der Waals surface area contributed by atoms with Crippen molar-refractivity contribution in [3.63, 3.8) is 0 Å². The van der Waals surface area contributed by atoms with Crippen molar-refractivity contribution in [2.24, 2.45) is 5.10 Å². The van der Waals surface area contributed by atoms with Gasteiger partial charge in [-0.1, -0.05) is 42.5 Å². The molecule has 10 nitrogen and oxygen atoms in total. The Balaban J connectivity index is 1.70. The van der Waals surface area contributed by atoms with Crippen LogP contribution in [0.5, 0.6) is 11.5 Å². The molecule has 10 heteroatoms. The van der Waals surface area contributed by atoms with E-state index in [-0.39, 0.29) is 22.9 Å². The summed E-state index contributed by atoms with van der Waals surface area (Å²) >= 11 is 0. The topological polar surface area (TPSA) is 142 Å². The van der Waals surface area contributed by atoms with E-state index in [0.717, 1.165) is 17.2 Å². The van der Waals surface area contributed by atoms with Crippen molar-refractivity contribution in [3.05, 3.63) is 110 Å². The Bertz CT molecular complexity index is 1350. The van der Waals surface area contributed by atoms with E-state index in [1.807, 2.05) is 18.2 Å². The number of hydrogen-bond donors (Lipinski definition) is 2. The average molecular weight is 472 g/mol. The highest BCUT2D eigenvalue weighted by Gasteiger charge is 2.31. The number of hydrogen-bond acceptors (Lipinski definition) is 8. The highest BCUT2D eigenvalue weighted by Crippen LogP contribution is 2.36. The van der Waals surface area contributed by atoms with Crippen molar-refractivity contribution in [1.29, 1.82) is 0 Å². The van der Waals surface area contributed by atoms with Crippen LogP contribution < -0.4 is 5.01 Å². The lowest BCUT2D eigenvalue weighted by Crippen LogP contribution is -2.24. The Morgan fingerprint density at radius 2 is 1.43 bits per heavy atom. The molecule has 1 atom stereocenters. The van der Waals surface area contributed by atoms with E-state index in [1.54, 1.807) is 54.6 Å². The van der Waals surface area contributed by atoms with Crippen molar-refractivity contribution >= 4 is 34.9 Å². The van der Waals surface area contributed by atoms with Gasteiger partial charge in [0, 0.05) is 12.5 Å². The number of allylic oxidation sites excluding steroid dienone is 1. The van der Waals surface area contributed by atoms with Crippen LogP contribution in [0.4, 0.5) is 17.1 Å². The van der Waals surface area contributed by atoms with Crippen LogP contribution in [0.15, 0.2) is 84.0 Å². The Kier molecular flexibility index (Phi) is 6.54. The molecule has 35 heavy (non-hydrogen) atoms. The van der Waals surface area contributed by atoms with Crippen molar-refractivity contribution in [3.8, 4) is 11.5 Å². The smallest absolute Gasteiger partial charge is 0.301 e. The molecule has 3 aromatic rings. The van der Waals surface area contributed by atoms with Gasteiger partial charge in [-0.2, -0.15) is 5.10 Å². The van der Waals surface area contributed by atoms with Crippen LogP contribution in [-0.2, 0) is 0 Å². The van der Waals surface area contributed by atoms with Crippen molar-refractivity contribution < 1.29 is 20.1 Å². The molecule has 0 saturated heterocycles. The minimum Gasteiger partial charge on any atom is -0.508 e. The molecule has 2 N–H and O–H groups in total. The highest BCUT2D eigenvalue weighted by atomic mass is 16.6. The lowest BCUT2D eigenvalue weighted by atomic mass is 10.1. The number of anilines is 1. The van der Waals surface area contributed by atoms with Gasteiger partial charge in [0.1, 0.15) is 17.2 Å². The normalized spacial score (nSPS) is 15.6. The maximum absolute atomic E-state index is 11.7. The zero-order valence-electron chi connectivity index (χ0n) is 18.3. The fourth-order valence-electron chi connectivity index (χ4n) is 3.59. The molecule has 1 unspecified atom stereocenters. The Morgan fingerprint density at radius 3 is 2.00 bits per heavy atom.